The highest BCUT2D eigenvalue weighted by molar-refractivity contribution is 5.52. The summed E-state index contributed by atoms with van der Waals surface area (Å²) in [5.41, 5.74) is 5.59. The third kappa shape index (κ3) is 4.42. The summed E-state index contributed by atoms with van der Waals surface area (Å²) in [6, 6.07) is 6.03. The molecule has 8 nitrogen and oxygen atoms in total. The molecule has 0 bridgehead atoms. The van der Waals surface area contributed by atoms with Crippen LogP contribution in [0.3, 0.4) is 0 Å². The Bertz CT molecular complexity index is 1180. The van der Waals surface area contributed by atoms with Gasteiger partial charge in [0.15, 0.2) is 0 Å². The fourth-order valence-corrected chi connectivity index (χ4v) is 3.18. The number of hydrogen-bond donors (Lipinski definition) is 0. The van der Waals surface area contributed by atoms with Gasteiger partial charge in [0.2, 0.25) is 23.4 Å². The van der Waals surface area contributed by atoms with E-state index in [-0.39, 0.29) is 0 Å². The highest BCUT2D eigenvalue weighted by atomic mass is 16.5. The quantitative estimate of drug-likeness (QED) is 0.469. The van der Waals surface area contributed by atoms with Crippen LogP contribution in [0.25, 0.3) is 23.0 Å². The molecule has 0 saturated heterocycles. The van der Waals surface area contributed by atoms with E-state index in [4.69, 9.17) is 14.0 Å². The van der Waals surface area contributed by atoms with E-state index >= 15 is 0 Å². The van der Waals surface area contributed by atoms with E-state index in [0.29, 0.717) is 47.2 Å². The van der Waals surface area contributed by atoms with Crippen molar-refractivity contribution in [2.75, 3.05) is 0 Å². The molecule has 0 fully saturated rings. The van der Waals surface area contributed by atoms with Crippen LogP contribution >= 0.6 is 0 Å². The fraction of sp³-hybridized carbons (Fsp3) is 0.364. The smallest absolute Gasteiger partial charge is 0.233 e. The average Bonchev–Trinajstić information content (AvgIpc) is 3.32. The summed E-state index contributed by atoms with van der Waals surface area (Å²) in [5, 5.41) is 8.10. The zero-order chi connectivity index (χ0) is 21.3. The van der Waals surface area contributed by atoms with Crippen molar-refractivity contribution < 1.29 is 9.05 Å². The van der Waals surface area contributed by atoms with E-state index < -0.39 is 0 Å². The van der Waals surface area contributed by atoms with Crippen molar-refractivity contribution in [3.63, 3.8) is 0 Å². The third-order valence-corrected chi connectivity index (χ3v) is 4.74. The highest BCUT2D eigenvalue weighted by Crippen LogP contribution is 2.21. The van der Waals surface area contributed by atoms with Gasteiger partial charge >= 0.3 is 0 Å². The first-order chi connectivity index (χ1) is 14.4. The zero-order valence-corrected chi connectivity index (χ0v) is 17.8. The number of hydrogen-bond acceptors (Lipinski definition) is 8. The van der Waals surface area contributed by atoms with Gasteiger partial charge in [-0.1, -0.05) is 24.2 Å². The van der Waals surface area contributed by atoms with E-state index in [1.54, 1.807) is 6.92 Å². The van der Waals surface area contributed by atoms with Gasteiger partial charge in [0, 0.05) is 13.1 Å². The maximum absolute atomic E-state index is 5.47. The minimum absolute atomic E-state index is 0.410. The number of aryl methyl sites for hydroxylation is 3. The molecule has 0 aliphatic rings. The molecule has 0 saturated carbocycles. The van der Waals surface area contributed by atoms with Gasteiger partial charge in [-0.05, 0) is 61.1 Å². The van der Waals surface area contributed by atoms with Gasteiger partial charge in [-0.2, -0.15) is 9.97 Å². The monoisotopic (exact) mass is 404 g/mol. The lowest BCUT2D eigenvalue weighted by molar-refractivity contribution is 0.384. The number of aromatic nitrogens is 6. The maximum atomic E-state index is 5.47. The van der Waals surface area contributed by atoms with E-state index in [1.807, 2.05) is 32.2 Å². The standard InChI is InChI=1S/C22H24N6O2/c1-12(2)6-16-8-17(25-19(9-16)22-24-15(5)29-27-22)10-20-26-21(28-30-20)18-7-13(3)14(4)11-23-18/h7-9,11-12H,6,10H2,1-5H3. The molecule has 0 N–H and O–H groups in total. The molecule has 4 aromatic rings. The average molecular weight is 404 g/mol. The molecule has 0 atom stereocenters. The second-order valence-electron chi connectivity index (χ2n) is 7.93. The van der Waals surface area contributed by atoms with Gasteiger partial charge < -0.3 is 9.05 Å². The molecule has 0 aromatic carbocycles. The molecule has 4 aromatic heterocycles. The van der Waals surface area contributed by atoms with Gasteiger partial charge in [0.05, 0.1) is 12.1 Å². The lowest BCUT2D eigenvalue weighted by Gasteiger charge is -2.08. The van der Waals surface area contributed by atoms with Crippen LogP contribution in [0, 0.1) is 26.7 Å². The van der Waals surface area contributed by atoms with Gasteiger partial charge in [-0.3, -0.25) is 4.98 Å². The Morgan fingerprint density at radius 1 is 0.833 bits per heavy atom. The molecular formula is C22H24N6O2. The van der Waals surface area contributed by atoms with Gasteiger partial charge in [0.1, 0.15) is 11.4 Å². The summed E-state index contributed by atoms with van der Waals surface area (Å²) in [4.78, 5) is 17.9. The van der Waals surface area contributed by atoms with Crippen LogP contribution < -0.4 is 0 Å². The van der Waals surface area contributed by atoms with E-state index in [0.717, 1.165) is 28.8 Å². The molecule has 0 amide bonds. The number of rotatable bonds is 6. The van der Waals surface area contributed by atoms with Crippen LogP contribution in [0.1, 0.15) is 48.0 Å². The molecule has 4 heterocycles. The summed E-state index contributed by atoms with van der Waals surface area (Å²) < 4.78 is 10.6. The van der Waals surface area contributed by atoms with E-state index in [2.05, 4.69) is 45.2 Å². The van der Waals surface area contributed by atoms with Crippen LogP contribution in [-0.4, -0.2) is 30.2 Å². The van der Waals surface area contributed by atoms with Gasteiger partial charge in [-0.15, -0.1) is 0 Å². The first-order valence-corrected chi connectivity index (χ1v) is 9.94. The van der Waals surface area contributed by atoms with Crippen molar-refractivity contribution in [3.8, 4) is 23.0 Å². The van der Waals surface area contributed by atoms with Crippen molar-refractivity contribution in [2.24, 2.45) is 5.92 Å². The minimum Gasteiger partial charge on any atom is -0.339 e. The maximum Gasteiger partial charge on any atom is 0.233 e. The lowest BCUT2D eigenvalue weighted by atomic mass is 10.0. The predicted molar refractivity (Wildman–Crippen MR) is 111 cm³/mol. The Balaban J connectivity index is 1.63. The van der Waals surface area contributed by atoms with E-state index in [1.165, 1.54) is 0 Å². The first kappa shape index (κ1) is 19.9. The molecule has 8 heteroatoms. The van der Waals surface area contributed by atoms with Crippen LogP contribution in [0.5, 0.6) is 0 Å². The van der Waals surface area contributed by atoms with E-state index in [9.17, 15) is 0 Å². The molecule has 0 aliphatic carbocycles. The molecule has 0 radical (unpaired) electrons. The van der Waals surface area contributed by atoms with Crippen molar-refractivity contribution in [1.29, 1.82) is 0 Å². The van der Waals surface area contributed by atoms with Crippen LogP contribution in [0.2, 0.25) is 0 Å². The predicted octanol–water partition coefficient (Wildman–Crippen LogP) is 4.29. The number of nitrogens with zero attached hydrogens (tertiary/aromatic N) is 6. The fourth-order valence-electron chi connectivity index (χ4n) is 3.18. The minimum atomic E-state index is 0.410. The SMILES string of the molecule is Cc1nc(-c2cc(CC(C)C)cc(Cc3nc(-c4cc(C)c(C)cn4)no3)n2)no1. The van der Waals surface area contributed by atoms with Gasteiger partial charge in [0.25, 0.3) is 0 Å². The Morgan fingerprint density at radius 3 is 2.30 bits per heavy atom. The van der Waals surface area contributed by atoms with Crippen molar-refractivity contribution in [2.45, 2.75) is 47.5 Å². The topological polar surface area (TPSA) is 104 Å². The van der Waals surface area contributed by atoms with Crippen molar-refractivity contribution >= 4 is 0 Å². The Labute approximate surface area is 174 Å². The normalized spacial score (nSPS) is 11.4. The van der Waals surface area contributed by atoms with Crippen LogP contribution in [0.4, 0.5) is 0 Å². The molecule has 0 unspecified atom stereocenters. The summed E-state index contributed by atoms with van der Waals surface area (Å²) in [6.07, 6.45) is 3.14. The Morgan fingerprint density at radius 2 is 1.60 bits per heavy atom. The number of pyridine rings is 2. The Kier molecular flexibility index (Phi) is 5.39. The molecule has 0 spiro atoms. The first-order valence-electron chi connectivity index (χ1n) is 9.94. The van der Waals surface area contributed by atoms with Crippen LogP contribution in [-0.2, 0) is 12.8 Å². The summed E-state index contributed by atoms with van der Waals surface area (Å²) in [6.45, 7) is 10.2. The van der Waals surface area contributed by atoms with Crippen LogP contribution in [0.15, 0.2) is 33.4 Å². The van der Waals surface area contributed by atoms with Crippen molar-refractivity contribution in [1.82, 2.24) is 30.2 Å². The molecule has 0 aliphatic heterocycles. The summed E-state index contributed by atoms with van der Waals surface area (Å²) >= 11 is 0. The second kappa shape index (κ2) is 8.14. The largest absolute Gasteiger partial charge is 0.339 e. The molecule has 4 rings (SSSR count). The zero-order valence-electron chi connectivity index (χ0n) is 17.8. The highest BCUT2D eigenvalue weighted by Gasteiger charge is 2.15. The molecule has 154 valence electrons. The second-order valence-corrected chi connectivity index (χ2v) is 7.93. The summed E-state index contributed by atoms with van der Waals surface area (Å²) in [5.74, 6) is 2.44. The lowest BCUT2D eigenvalue weighted by Crippen LogP contribution is -2.01. The summed E-state index contributed by atoms with van der Waals surface area (Å²) in [7, 11) is 0. The molecule has 30 heavy (non-hydrogen) atoms. The van der Waals surface area contributed by atoms with Gasteiger partial charge in [-0.25, -0.2) is 4.98 Å². The molecular weight excluding hydrogens is 380 g/mol. The third-order valence-electron chi connectivity index (χ3n) is 4.74. The Hall–Kier alpha value is -3.42. The van der Waals surface area contributed by atoms with Crippen molar-refractivity contribution in [3.05, 3.63) is 58.6 Å².